The number of hydrogen-bond donors (Lipinski definition) is 0. The Morgan fingerprint density at radius 3 is 2.20 bits per heavy atom. The van der Waals surface area contributed by atoms with Crippen LogP contribution in [-0.2, 0) is 37.0 Å². The maximum Gasteiger partial charge on any atom is 0.383 e. The van der Waals surface area contributed by atoms with Gasteiger partial charge < -0.3 is 0 Å². The zero-order valence-electron chi connectivity index (χ0n) is 16.3. The molecule has 0 bridgehead atoms. The standard InChI is InChI=1S/C20H20N2O5S3/c1-3-21-14-13-19(15-9-5-6-10-16(15)21)29(23,24)27-30(25,26)20-22(4-2)17-11-7-8-12-18(17)28-20/h5-14H,3-4H2,1-2H3/q+2. The smallest absolute Gasteiger partial charge is 0.199 e. The highest BCUT2D eigenvalue weighted by atomic mass is 32.3. The fraction of sp³-hybridized carbons (Fsp3) is 0.200. The van der Waals surface area contributed by atoms with E-state index in [1.807, 2.05) is 11.5 Å². The van der Waals surface area contributed by atoms with Gasteiger partial charge in [0.15, 0.2) is 6.20 Å². The molecule has 2 heterocycles. The molecule has 10 heteroatoms. The molecule has 0 unspecified atom stereocenters. The normalized spacial score (nSPS) is 12.6. The third kappa shape index (κ3) is 3.49. The number of nitrogens with zero attached hydrogens (tertiary/aromatic N) is 2. The van der Waals surface area contributed by atoms with Gasteiger partial charge in [0.2, 0.25) is 11.0 Å². The Bertz CT molecular complexity index is 1480. The summed E-state index contributed by atoms with van der Waals surface area (Å²) in [6.07, 6.45) is 1.61. The lowest BCUT2D eigenvalue weighted by Crippen LogP contribution is -2.37. The van der Waals surface area contributed by atoms with Crippen LogP contribution in [0.5, 0.6) is 0 Å². The minimum atomic E-state index is -4.59. The van der Waals surface area contributed by atoms with Crippen molar-refractivity contribution in [1.29, 1.82) is 0 Å². The molecule has 2 aromatic carbocycles. The van der Waals surface area contributed by atoms with Crippen LogP contribution in [0.2, 0.25) is 0 Å². The molecule has 0 N–H and O–H groups in total. The van der Waals surface area contributed by atoms with Crippen molar-refractivity contribution >= 4 is 52.7 Å². The summed E-state index contributed by atoms with van der Waals surface area (Å²) in [6, 6.07) is 15.5. The lowest BCUT2D eigenvalue weighted by atomic mass is 10.2. The van der Waals surface area contributed by atoms with Gasteiger partial charge in [-0.15, -0.1) is 3.63 Å². The van der Waals surface area contributed by atoms with Gasteiger partial charge in [0.05, 0.1) is 5.39 Å². The van der Waals surface area contributed by atoms with Gasteiger partial charge in [0.1, 0.15) is 22.7 Å². The molecule has 156 valence electrons. The summed E-state index contributed by atoms with van der Waals surface area (Å²) >= 11 is 0.982. The van der Waals surface area contributed by atoms with E-state index in [2.05, 4.69) is 0 Å². The molecule has 0 amide bonds. The van der Waals surface area contributed by atoms with Crippen LogP contribution >= 0.6 is 11.3 Å². The monoisotopic (exact) mass is 464 g/mol. The van der Waals surface area contributed by atoms with Crippen LogP contribution in [0.25, 0.3) is 21.1 Å². The van der Waals surface area contributed by atoms with Crippen LogP contribution in [0.4, 0.5) is 0 Å². The van der Waals surface area contributed by atoms with Crippen molar-refractivity contribution in [3.63, 3.8) is 0 Å². The molecule has 0 saturated carbocycles. The second-order valence-electron chi connectivity index (χ2n) is 6.54. The maximum atomic E-state index is 13.0. The quantitative estimate of drug-likeness (QED) is 0.410. The van der Waals surface area contributed by atoms with Crippen molar-refractivity contribution in [3.8, 4) is 0 Å². The van der Waals surface area contributed by atoms with Crippen molar-refractivity contribution in [2.75, 3.05) is 0 Å². The minimum Gasteiger partial charge on any atom is -0.199 e. The highest BCUT2D eigenvalue weighted by molar-refractivity contribution is 8.00. The van der Waals surface area contributed by atoms with Crippen molar-refractivity contribution < 1.29 is 29.6 Å². The first-order valence-electron chi connectivity index (χ1n) is 9.32. The summed E-state index contributed by atoms with van der Waals surface area (Å²) in [5, 5.41) is 0.400. The van der Waals surface area contributed by atoms with Crippen molar-refractivity contribution in [2.45, 2.75) is 36.2 Å². The first kappa shape index (κ1) is 20.9. The molecule has 4 aromatic rings. The number of hydrogen-bond acceptors (Lipinski definition) is 6. The van der Waals surface area contributed by atoms with E-state index in [-0.39, 0.29) is 9.24 Å². The molecule has 0 aliphatic heterocycles. The summed E-state index contributed by atoms with van der Waals surface area (Å²) in [6.45, 7) is 4.72. The summed E-state index contributed by atoms with van der Waals surface area (Å²) < 4.78 is 61.0. The minimum absolute atomic E-state index is 0.154. The molecule has 0 aliphatic carbocycles. The van der Waals surface area contributed by atoms with Gasteiger partial charge in [0.25, 0.3) is 0 Å². The van der Waals surface area contributed by atoms with Crippen molar-refractivity contribution in [3.05, 3.63) is 60.8 Å². The fourth-order valence-corrected chi connectivity index (χ4v) is 7.96. The van der Waals surface area contributed by atoms with Gasteiger partial charge in [-0.3, -0.25) is 0 Å². The third-order valence-electron chi connectivity index (χ3n) is 4.78. The molecule has 4 rings (SSSR count). The average molecular weight is 465 g/mol. The predicted octanol–water partition coefficient (Wildman–Crippen LogP) is 2.76. The Kier molecular flexibility index (Phi) is 5.35. The number of pyridine rings is 1. The van der Waals surface area contributed by atoms with Gasteiger partial charge >= 0.3 is 24.6 Å². The van der Waals surface area contributed by atoms with E-state index < -0.39 is 20.2 Å². The molecule has 0 radical (unpaired) electrons. The first-order valence-corrected chi connectivity index (χ1v) is 13.0. The summed E-state index contributed by atoms with van der Waals surface area (Å²) in [5.41, 5.74) is 1.38. The van der Waals surface area contributed by atoms with Crippen LogP contribution in [0.3, 0.4) is 0 Å². The van der Waals surface area contributed by atoms with Crippen molar-refractivity contribution in [1.82, 2.24) is 0 Å². The Morgan fingerprint density at radius 1 is 0.833 bits per heavy atom. The van der Waals surface area contributed by atoms with Crippen LogP contribution in [0.15, 0.2) is 70.0 Å². The average Bonchev–Trinajstić information content (AvgIpc) is 3.12. The van der Waals surface area contributed by atoms with E-state index in [9.17, 15) is 16.8 Å². The number of rotatable bonds is 6. The molecular formula is C20H20N2O5S3+2. The van der Waals surface area contributed by atoms with Gasteiger partial charge in [-0.05, 0) is 37.3 Å². The van der Waals surface area contributed by atoms with Crippen LogP contribution < -0.4 is 9.13 Å². The molecule has 0 atom stereocenters. The van der Waals surface area contributed by atoms with E-state index in [1.54, 1.807) is 66.2 Å². The number of fused-ring (bicyclic) bond motifs is 2. The first-order chi connectivity index (χ1) is 14.3. The molecule has 0 fully saturated rings. The number of aromatic nitrogens is 2. The molecule has 7 nitrogen and oxygen atoms in total. The second-order valence-corrected chi connectivity index (χ2v) is 11.0. The fourth-order valence-electron chi connectivity index (χ4n) is 3.44. The van der Waals surface area contributed by atoms with E-state index in [0.29, 0.717) is 29.5 Å². The van der Waals surface area contributed by atoms with Gasteiger partial charge in [0, 0.05) is 18.2 Å². The van der Waals surface area contributed by atoms with E-state index >= 15 is 0 Å². The maximum absolute atomic E-state index is 13.0. The molecule has 30 heavy (non-hydrogen) atoms. The van der Waals surface area contributed by atoms with Gasteiger partial charge in [-0.25, -0.2) is 0 Å². The van der Waals surface area contributed by atoms with Gasteiger partial charge in [-0.2, -0.15) is 26.0 Å². The van der Waals surface area contributed by atoms with Gasteiger partial charge in [-0.1, -0.05) is 24.3 Å². The largest absolute Gasteiger partial charge is 0.383 e. The Morgan fingerprint density at radius 2 is 1.50 bits per heavy atom. The number of benzene rings is 2. The SMILES string of the molecule is CC[n+]1ccc(S(=O)(=O)OS(=O)(=O)c2sc3ccccc3[n+]2CC)c2ccccc21. The zero-order valence-corrected chi connectivity index (χ0v) is 18.8. The number of thiazole rings is 1. The highest BCUT2D eigenvalue weighted by Crippen LogP contribution is 2.29. The predicted molar refractivity (Wildman–Crippen MR) is 113 cm³/mol. The molecular weight excluding hydrogens is 444 g/mol. The topological polar surface area (TPSA) is 85.3 Å². The van der Waals surface area contributed by atoms with Crippen LogP contribution in [0.1, 0.15) is 13.8 Å². The summed E-state index contributed by atoms with van der Waals surface area (Å²) in [4.78, 5) is -0.185. The highest BCUT2D eigenvalue weighted by Gasteiger charge is 2.38. The van der Waals surface area contributed by atoms with E-state index in [4.69, 9.17) is 3.63 Å². The number of para-hydroxylation sites is 2. The number of aryl methyl sites for hydroxylation is 2. The Balaban J connectivity index is 1.84. The molecule has 0 saturated heterocycles. The Labute approximate surface area is 179 Å². The van der Waals surface area contributed by atoms with Crippen LogP contribution in [-0.4, -0.2) is 16.8 Å². The lowest BCUT2D eigenvalue weighted by Gasteiger charge is -2.07. The summed E-state index contributed by atoms with van der Waals surface area (Å²) in [7, 11) is -9.16. The van der Waals surface area contributed by atoms with Crippen molar-refractivity contribution in [2.24, 2.45) is 0 Å². The third-order valence-corrected chi connectivity index (χ3v) is 9.58. The molecule has 0 aliphatic rings. The second kappa shape index (κ2) is 7.69. The van der Waals surface area contributed by atoms with E-state index in [1.165, 1.54) is 6.07 Å². The molecule has 2 aromatic heterocycles. The molecule has 0 spiro atoms. The summed E-state index contributed by atoms with van der Waals surface area (Å²) in [5.74, 6) is 0. The van der Waals surface area contributed by atoms with Crippen LogP contribution in [0, 0.1) is 0 Å². The van der Waals surface area contributed by atoms with E-state index in [0.717, 1.165) is 16.0 Å². The lowest BCUT2D eigenvalue weighted by molar-refractivity contribution is -0.699. The zero-order chi connectivity index (χ0) is 21.5. The Hall–Kier alpha value is -2.40.